The van der Waals surface area contributed by atoms with Crippen LogP contribution in [-0.2, 0) is 0 Å². The van der Waals surface area contributed by atoms with Gasteiger partial charge in [-0.15, -0.1) is 0 Å². The van der Waals surface area contributed by atoms with E-state index in [0.717, 1.165) is 31.4 Å². The molecule has 0 aliphatic heterocycles. The first-order valence-electron chi connectivity index (χ1n) is 5.66. The van der Waals surface area contributed by atoms with Gasteiger partial charge < -0.3 is 5.32 Å². The van der Waals surface area contributed by atoms with Gasteiger partial charge in [0.1, 0.15) is 5.82 Å². The van der Waals surface area contributed by atoms with Crippen LogP contribution in [0.5, 0.6) is 0 Å². The van der Waals surface area contributed by atoms with Gasteiger partial charge in [-0.1, -0.05) is 18.2 Å². The normalized spacial score (nSPS) is 10.6. The molecule has 1 aromatic carbocycles. The number of benzene rings is 1. The van der Waals surface area contributed by atoms with Crippen molar-refractivity contribution in [1.29, 1.82) is 0 Å². The molecule has 0 spiro atoms. The Morgan fingerprint density at radius 2 is 1.84 bits per heavy atom. The van der Waals surface area contributed by atoms with E-state index in [4.69, 9.17) is 0 Å². The van der Waals surface area contributed by atoms with Crippen LogP contribution in [0, 0.1) is 0 Å². The van der Waals surface area contributed by atoms with E-state index in [0.29, 0.717) is 0 Å². The Labute approximate surface area is 127 Å². The fraction of sp³-hybridized carbons (Fsp3) is 0. The highest BCUT2D eigenvalue weighted by atomic mass is 79.9. The number of para-hydroxylation sites is 1. The van der Waals surface area contributed by atoms with Gasteiger partial charge in [0.25, 0.3) is 0 Å². The van der Waals surface area contributed by atoms with Crippen LogP contribution in [-0.4, -0.2) is 9.97 Å². The van der Waals surface area contributed by atoms with Crippen molar-refractivity contribution in [3.05, 3.63) is 57.7 Å². The van der Waals surface area contributed by atoms with Crippen molar-refractivity contribution in [2.75, 3.05) is 5.32 Å². The molecule has 2 aromatic heterocycles. The summed E-state index contributed by atoms with van der Waals surface area (Å²) in [6.07, 6.45) is 3.54. The molecule has 0 aliphatic carbocycles. The molecular weight excluding hydrogens is 370 g/mol. The number of aromatic nitrogens is 2. The van der Waals surface area contributed by atoms with Crippen molar-refractivity contribution in [1.82, 2.24) is 9.97 Å². The van der Waals surface area contributed by atoms with Crippen LogP contribution < -0.4 is 5.32 Å². The van der Waals surface area contributed by atoms with Crippen molar-refractivity contribution in [3.63, 3.8) is 0 Å². The molecule has 0 aliphatic rings. The number of fused-ring (bicyclic) bond motifs is 1. The molecule has 19 heavy (non-hydrogen) atoms. The van der Waals surface area contributed by atoms with Crippen LogP contribution in [0.25, 0.3) is 10.9 Å². The minimum absolute atomic E-state index is 0.765. The number of nitrogens with one attached hydrogen (secondary N) is 1. The third kappa shape index (κ3) is 2.62. The lowest BCUT2D eigenvalue weighted by Crippen LogP contribution is -1.96. The van der Waals surface area contributed by atoms with Crippen LogP contribution in [0.15, 0.2) is 57.7 Å². The standard InChI is InChI=1S/C14H9Br2N3/c15-10-7-11(16)14(18-8-10)19-12-5-1-3-9-4-2-6-17-13(9)12/h1-8H,(H,18,19). The summed E-state index contributed by atoms with van der Waals surface area (Å²) < 4.78 is 1.83. The zero-order valence-electron chi connectivity index (χ0n) is 9.77. The first-order chi connectivity index (χ1) is 9.24. The molecule has 3 nitrogen and oxygen atoms in total. The Kier molecular flexibility index (Phi) is 3.48. The van der Waals surface area contributed by atoms with Crippen LogP contribution >= 0.6 is 31.9 Å². The van der Waals surface area contributed by atoms with E-state index in [1.165, 1.54) is 0 Å². The van der Waals surface area contributed by atoms with E-state index in [9.17, 15) is 0 Å². The first kappa shape index (κ1) is 12.6. The van der Waals surface area contributed by atoms with Gasteiger partial charge in [-0.3, -0.25) is 4.98 Å². The maximum absolute atomic E-state index is 4.41. The van der Waals surface area contributed by atoms with Crippen LogP contribution in [0.3, 0.4) is 0 Å². The summed E-state index contributed by atoms with van der Waals surface area (Å²) in [6, 6.07) is 12.0. The van der Waals surface area contributed by atoms with Gasteiger partial charge in [0, 0.05) is 22.3 Å². The minimum Gasteiger partial charge on any atom is -0.338 e. The number of hydrogen-bond acceptors (Lipinski definition) is 3. The summed E-state index contributed by atoms with van der Waals surface area (Å²) in [7, 11) is 0. The molecule has 5 heteroatoms. The van der Waals surface area contributed by atoms with Gasteiger partial charge in [-0.25, -0.2) is 4.98 Å². The van der Waals surface area contributed by atoms with Crippen LogP contribution in [0.4, 0.5) is 11.5 Å². The zero-order valence-corrected chi connectivity index (χ0v) is 12.9. The summed E-state index contributed by atoms with van der Waals surface area (Å²) in [5.41, 5.74) is 1.87. The molecule has 3 aromatic rings. The van der Waals surface area contributed by atoms with Crippen molar-refractivity contribution in [3.8, 4) is 0 Å². The summed E-state index contributed by atoms with van der Waals surface area (Å²) in [6.45, 7) is 0. The largest absolute Gasteiger partial charge is 0.338 e. The smallest absolute Gasteiger partial charge is 0.144 e. The molecule has 0 atom stereocenters. The fourth-order valence-corrected chi connectivity index (χ4v) is 2.93. The summed E-state index contributed by atoms with van der Waals surface area (Å²) in [4.78, 5) is 8.76. The van der Waals surface area contributed by atoms with E-state index in [2.05, 4.69) is 47.1 Å². The summed E-state index contributed by atoms with van der Waals surface area (Å²) in [5, 5.41) is 4.40. The third-order valence-corrected chi connectivity index (χ3v) is 3.73. The SMILES string of the molecule is Brc1cnc(Nc2cccc3cccnc23)c(Br)c1. The monoisotopic (exact) mass is 377 g/mol. The van der Waals surface area contributed by atoms with Gasteiger partial charge >= 0.3 is 0 Å². The van der Waals surface area contributed by atoms with E-state index in [1.54, 1.807) is 12.4 Å². The van der Waals surface area contributed by atoms with Crippen molar-refractivity contribution < 1.29 is 0 Å². The van der Waals surface area contributed by atoms with Crippen LogP contribution in [0.1, 0.15) is 0 Å². The molecule has 0 amide bonds. The number of rotatable bonds is 2. The van der Waals surface area contributed by atoms with E-state index >= 15 is 0 Å². The first-order valence-corrected chi connectivity index (χ1v) is 7.24. The van der Waals surface area contributed by atoms with Crippen molar-refractivity contribution in [2.24, 2.45) is 0 Å². The maximum Gasteiger partial charge on any atom is 0.144 e. The Bertz CT molecular complexity index is 738. The van der Waals surface area contributed by atoms with E-state index < -0.39 is 0 Å². The average Bonchev–Trinajstić information content (AvgIpc) is 2.42. The Hall–Kier alpha value is -1.46. The molecular formula is C14H9Br2N3. The second kappa shape index (κ2) is 5.27. The highest BCUT2D eigenvalue weighted by molar-refractivity contribution is 9.11. The Morgan fingerprint density at radius 3 is 2.68 bits per heavy atom. The van der Waals surface area contributed by atoms with Gasteiger partial charge in [0.15, 0.2) is 0 Å². The predicted octanol–water partition coefficient (Wildman–Crippen LogP) is 4.90. The van der Waals surface area contributed by atoms with Crippen molar-refractivity contribution in [2.45, 2.75) is 0 Å². The maximum atomic E-state index is 4.41. The summed E-state index contributed by atoms with van der Waals surface area (Å²) >= 11 is 6.88. The number of halogens is 2. The van der Waals surface area contributed by atoms with E-state index in [1.807, 2.05) is 36.4 Å². The molecule has 0 bridgehead atoms. The number of nitrogens with zero attached hydrogens (tertiary/aromatic N) is 2. The number of hydrogen-bond donors (Lipinski definition) is 1. The molecule has 0 saturated carbocycles. The fourth-order valence-electron chi connectivity index (χ4n) is 1.84. The Morgan fingerprint density at radius 1 is 1.00 bits per heavy atom. The number of anilines is 2. The highest BCUT2D eigenvalue weighted by Crippen LogP contribution is 2.29. The molecule has 94 valence electrons. The second-order valence-electron chi connectivity index (χ2n) is 3.99. The van der Waals surface area contributed by atoms with Gasteiger partial charge in [-0.05, 0) is 50.1 Å². The predicted molar refractivity (Wildman–Crippen MR) is 84.7 cm³/mol. The summed E-state index contributed by atoms with van der Waals surface area (Å²) in [5.74, 6) is 0.765. The highest BCUT2D eigenvalue weighted by Gasteiger charge is 2.06. The Balaban J connectivity index is 2.06. The molecule has 0 saturated heterocycles. The quantitative estimate of drug-likeness (QED) is 0.689. The van der Waals surface area contributed by atoms with Gasteiger partial charge in [-0.2, -0.15) is 0 Å². The second-order valence-corrected chi connectivity index (χ2v) is 5.76. The lowest BCUT2D eigenvalue weighted by molar-refractivity contribution is 1.27. The third-order valence-electron chi connectivity index (χ3n) is 2.69. The molecule has 0 fully saturated rings. The van der Waals surface area contributed by atoms with E-state index in [-0.39, 0.29) is 0 Å². The van der Waals surface area contributed by atoms with Crippen molar-refractivity contribution >= 4 is 54.3 Å². The molecule has 3 rings (SSSR count). The average molecular weight is 379 g/mol. The van der Waals surface area contributed by atoms with Gasteiger partial charge in [0.05, 0.1) is 15.7 Å². The van der Waals surface area contributed by atoms with Crippen LogP contribution in [0.2, 0.25) is 0 Å². The molecule has 0 radical (unpaired) electrons. The number of pyridine rings is 2. The topological polar surface area (TPSA) is 37.8 Å². The molecule has 1 N–H and O–H groups in total. The van der Waals surface area contributed by atoms with Gasteiger partial charge in [0.2, 0.25) is 0 Å². The zero-order chi connectivity index (χ0) is 13.2. The minimum atomic E-state index is 0.765. The lowest BCUT2D eigenvalue weighted by atomic mass is 10.2. The molecule has 0 unspecified atom stereocenters. The molecule has 2 heterocycles. The lowest BCUT2D eigenvalue weighted by Gasteiger charge is -2.09.